The second kappa shape index (κ2) is 8.14. The lowest BCUT2D eigenvalue weighted by molar-refractivity contribution is 0.0954. The van der Waals surface area contributed by atoms with Crippen LogP contribution in [0.15, 0.2) is 73.1 Å². The van der Waals surface area contributed by atoms with E-state index in [-0.39, 0.29) is 5.91 Å². The van der Waals surface area contributed by atoms with Gasteiger partial charge in [-0.15, -0.1) is 0 Å². The Morgan fingerprint density at radius 3 is 2.34 bits per heavy atom. The number of nitrogens with one attached hydrogen (secondary N) is 1. The first-order chi connectivity index (χ1) is 14.1. The van der Waals surface area contributed by atoms with Crippen LogP contribution in [-0.4, -0.2) is 32.0 Å². The Labute approximate surface area is 169 Å². The minimum absolute atomic E-state index is 0.0712. The van der Waals surface area contributed by atoms with Crippen molar-refractivity contribution in [1.29, 1.82) is 0 Å². The molecule has 6 nitrogen and oxygen atoms in total. The van der Waals surface area contributed by atoms with Gasteiger partial charge in [0.2, 0.25) is 0 Å². The quantitative estimate of drug-likeness (QED) is 0.551. The summed E-state index contributed by atoms with van der Waals surface area (Å²) in [6, 6.07) is 19.6. The number of carbonyl (C=O) groups excluding carboxylic acids is 1. The molecule has 6 heteroatoms. The molecule has 2 aromatic heterocycles. The number of carbonyl (C=O) groups is 1. The maximum Gasteiger partial charge on any atom is 0.251 e. The smallest absolute Gasteiger partial charge is 0.251 e. The number of benzene rings is 2. The van der Waals surface area contributed by atoms with E-state index in [1.165, 1.54) is 5.56 Å². The number of rotatable bonds is 6. The molecule has 146 valence electrons. The van der Waals surface area contributed by atoms with Gasteiger partial charge in [0.05, 0.1) is 17.1 Å². The molecule has 4 aromatic rings. The van der Waals surface area contributed by atoms with Crippen LogP contribution in [0.1, 0.15) is 27.3 Å². The van der Waals surface area contributed by atoms with Gasteiger partial charge in [-0.1, -0.05) is 12.1 Å². The molecule has 0 fully saturated rings. The van der Waals surface area contributed by atoms with E-state index < -0.39 is 0 Å². The molecule has 0 aliphatic heterocycles. The van der Waals surface area contributed by atoms with Crippen molar-refractivity contribution in [2.45, 2.75) is 20.3 Å². The fourth-order valence-corrected chi connectivity index (χ4v) is 3.30. The third-order valence-electron chi connectivity index (χ3n) is 4.79. The molecule has 0 aliphatic rings. The van der Waals surface area contributed by atoms with Crippen LogP contribution in [0.4, 0.5) is 0 Å². The van der Waals surface area contributed by atoms with E-state index in [4.69, 9.17) is 0 Å². The van der Waals surface area contributed by atoms with Crippen molar-refractivity contribution in [2.75, 3.05) is 6.54 Å². The first-order valence-electron chi connectivity index (χ1n) is 9.61. The van der Waals surface area contributed by atoms with Gasteiger partial charge < -0.3 is 5.32 Å². The second-order valence-corrected chi connectivity index (χ2v) is 7.01. The van der Waals surface area contributed by atoms with Gasteiger partial charge in [0.25, 0.3) is 5.91 Å². The van der Waals surface area contributed by atoms with Gasteiger partial charge in [-0.3, -0.25) is 4.79 Å². The summed E-state index contributed by atoms with van der Waals surface area (Å²) in [5.41, 5.74) is 5.82. The number of hydrogen-bond donors (Lipinski definition) is 1. The minimum atomic E-state index is -0.0712. The van der Waals surface area contributed by atoms with Crippen LogP contribution >= 0.6 is 0 Å². The van der Waals surface area contributed by atoms with Gasteiger partial charge in [0.1, 0.15) is 0 Å². The number of nitrogens with zero attached hydrogens (tertiary/aromatic N) is 4. The topological polar surface area (TPSA) is 64.7 Å². The maximum atomic E-state index is 12.4. The van der Waals surface area contributed by atoms with Crippen molar-refractivity contribution < 1.29 is 4.79 Å². The van der Waals surface area contributed by atoms with Crippen LogP contribution in [0.5, 0.6) is 0 Å². The SMILES string of the molecule is Cc1cc(C)n(-c2ccc(C(=O)NCCc3ccc(-n4cccn4)cc3)cc2)n1. The summed E-state index contributed by atoms with van der Waals surface area (Å²) in [5, 5.41) is 11.7. The lowest BCUT2D eigenvalue weighted by atomic mass is 10.1. The molecule has 0 spiro atoms. The molecule has 0 saturated heterocycles. The van der Waals surface area contributed by atoms with Crippen molar-refractivity contribution in [2.24, 2.45) is 0 Å². The zero-order chi connectivity index (χ0) is 20.2. The van der Waals surface area contributed by atoms with Crippen LogP contribution in [0.2, 0.25) is 0 Å². The molecule has 0 aliphatic carbocycles. The van der Waals surface area contributed by atoms with Crippen LogP contribution in [0, 0.1) is 13.8 Å². The molecule has 4 rings (SSSR count). The Bertz CT molecular complexity index is 1090. The Morgan fingerprint density at radius 2 is 1.72 bits per heavy atom. The average molecular weight is 385 g/mol. The summed E-state index contributed by atoms with van der Waals surface area (Å²) in [5.74, 6) is -0.0712. The van der Waals surface area contributed by atoms with E-state index in [1.54, 1.807) is 6.20 Å². The van der Waals surface area contributed by atoms with E-state index in [0.29, 0.717) is 12.1 Å². The summed E-state index contributed by atoms with van der Waals surface area (Å²) < 4.78 is 3.70. The highest BCUT2D eigenvalue weighted by molar-refractivity contribution is 5.94. The predicted octanol–water partition coefficient (Wildman–Crippen LogP) is 3.65. The van der Waals surface area contributed by atoms with Gasteiger partial charge in [0, 0.05) is 30.2 Å². The van der Waals surface area contributed by atoms with E-state index >= 15 is 0 Å². The monoisotopic (exact) mass is 385 g/mol. The fraction of sp³-hybridized carbons (Fsp3) is 0.174. The summed E-state index contributed by atoms with van der Waals surface area (Å²) in [7, 11) is 0. The van der Waals surface area contributed by atoms with Gasteiger partial charge in [-0.2, -0.15) is 10.2 Å². The van der Waals surface area contributed by atoms with E-state index in [2.05, 4.69) is 27.6 Å². The number of aryl methyl sites for hydroxylation is 2. The fourth-order valence-electron chi connectivity index (χ4n) is 3.30. The Hall–Kier alpha value is -3.67. The van der Waals surface area contributed by atoms with Gasteiger partial charge in [0.15, 0.2) is 0 Å². The van der Waals surface area contributed by atoms with Crippen molar-refractivity contribution in [3.63, 3.8) is 0 Å². The molecule has 1 amide bonds. The molecule has 0 atom stereocenters. The normalized spacial score (nSPS) is 10.8. The van der Waals surface area contributed by atoms with E-state index in [0.717, 1.165) is 29.2 Å². The van der Waals surface area contributed by atoms with Gasteiger partial charge in [-0.05, 0) is 74.4 Å². The third kappa shape index (κ3) is 4.27. The molecule has 0 saturated carbocycles. The van der Waals surface area contributed by atoms with Crippen LogP contribution in [0.25, 0.3) is 11.4 Å². The molecule has 0 radical (unpaired) electrons. The zero-order valence-corrected chi connectivity index (χ0v) is 16.5. The first-order valence-corrected chi connectivity index (χ1v) is 9.61. The molecule has 29 heavy (non-hydrogen) atoms. The standard InChI is InChI=1S/C23H23N5O/c1-17-16-18(2)28(26-17)22-10-6-20(7-11-22)23(29)24-14-12-19-4-8-21(9-5-19)27-15-3-13-25-27/h3-11,13,15-16H,12,14H2,1-2H3,(H,24,29). The van der Waals surface area contributed by atoms with Crippen LogP contribution < -0.4 is 5.32 Å². The number of hydrogen-bond acceptors (Lipinski definition) is 3. The van der Waals surface area contributed by atoms with Gasteiger partial charge in [-0.25, -0.2) is 9.36 Å². The summed E-state index contributed by atoms with van der Waals surface area (Å²) in [6.45, 7) is 4.57. The van der Waals surface area contributed by atoms with E-state index in [1.807, 2.05) is 77.9 Å². The van der Waals surface area contributed by atoms with E-state index in [9.17, 15) is 4.79 Å². The number of aromatic nitrogens is 4. The lowest BCUT2D eigenvalue weighted by Gasteiger charge is -2.08. The zero-order valence-electron chi connectivity index (χ0n) is 16.5. The predicted molar refractivity (Wildman–Crippen MR) is 113 cm³/mol. The van der Waals surface area contributed by atoms with Crippen molar-refractivity contribution >= 4 is 5.91 Å². The second-order valence-electron chi connectivity index (χ2n) is 7.01. The van der Waals surface area contributed by atoms with Crippen molar-refractivity contribution in [1.82, 2.24) is 24.9 Å². The van der Waals surface area contributed by atoms with Crippen LogP contribution in [0.3, 0.4) is 0 Å². The molecule has 2 aromatic carbocycles. The van der Waals surface area contributed by atoms with Gasteiger partial charge >= 0.3 is 0 Å². The highest BCUT2D eigenvalue weighted by Crippen LogP contribution is 2.13. The lowest BCUT2D eigenvalue weighted by Crippen LogP contribution is -2.25. The molecule has 1 N–H and O–H groups in total. The average Bonchev–Trinajstić information content (AvgIpc) is 3.38. The molecule has 0 bridgehead atoms. The highest BCUT2D eigenvalue weighted by Gasteiger charge is 2.08. The Balaban J connectivity index is 1.32. The Morgan fingerprint density at radius 1 is 1.00 bits per heavy atom. The summed E-state index contributed by atoms with van der Waals surface area (Å²) in [4.78, 5) is 12.4. The molecule has 0 unspecified atom stereocenters. The van der Waals surface area contributed by atoms with Crippen molar-refractivity contribution in [3.8, 4) is 11.4 Å². The molecular formula is C23H23N5O. The summed E-state index contributed by atoms with van der Waals surface area (Å²) in [6.07, 6.45) is 4.44. The number of amides is 1. The molecular weight excluding hydrogens is 362 g/mol. The molecule has 2 heterocycles. The largest absolute Gasteiger partial charge is 0.352 e. The first kappa shape index (κ1) is 18.7. The Kier molecular flexibility index (Phi) is 5.24. The third-order valence-corrected chi connectivity index (χ3v) is 4.79. The minimum Gasteiger partial charge on any atom is -0.352 e. The highest BCUT2D eigenvalue weighted by atomic mass is 16.1. The van der Waals surface area contributed by atoms with Crippen molar-refractivity contribution in [3.05, 3.63) is 95.6 Å². The maximum absolute atomic E-state index is 12.4. The summed E-state index contributed by atoms with van der Waals surface area (Å²) >= 11 is 0. The van der Waals surface area contributed by atoms with Crippen LogP contribution in [-0.2, 0) is 6.42 Å².